The van der Waals surface area contributed by atoms with Crippen LogP contribution in [0.25, 0.3) is 10.9 Å². The number of hydrogen-bond donors (Lipinski definition) is 2. The van der Waals surface area contributed by atoms with Crippen LogP contribution in [0.1, 0.15) is 23.3 Å². The number of carboxylic acids is 1. The van der Waals surface area contributed by atoms with Crippen LogP contribution in [-0.4, -0.2) is 22.7 Å². The van der Waals surface area contributed by atoms with Gasteiger partial charge in [0.25, 0.3) is 0 Å². The lowest BCUT2D eigenvalue weighted by Gasteiger charge is -2.04. The number of nitrogens with one attached hydrogen (secondary N) is 1. The van der Waals surface area contributed by atoms with Crippen molar-refractivity contribution in [2.24, 2.45) is 5.92 Å². The molecule has 1 aromatic heterocycles. The average Bonchev–Trinajstić information content (AvgIpc) is 3.03. The number of hydrogen-bond acceptors (Lipinski definition) is 2. The molecule has 2 aromatic rings. The molecule has 17 heavy (non-hydrogen) atoms. The molecular formula is C13H13NO3. The standard InChI is InChI=1S/C13H13NO3/c15-13(16)12-5-9-3-4-10(6-11(9)14-12)17-7-8-1-2-8/h3-6,8,14H,1-2,7H2,(H,15,16). The summed E-state index contributed by atoms with van der Waals surface area (Å²) < 4.78 is 5.64. The first-order valence-electron chi connectivity index (χ1n) is 5.71. The lowest BCUT2D eigenvalue weighted by molar-refractivity contribution is 0.0691. The second kappa shape index (κ2) is 3.80. The van der Waals surface area contributed by atoms with Crippen molar-refractivity contribution in [1.29, 1.82) is 0 Å². The molecule has 0 bridgehead atoms. The van der Waals surface area contributed by atoms with Gasteiger partial charge in [-0.3, -0.25) is 0 Å². The second-order valence-corrected chi connectivity index (χ2v) is 4.49. The second-order valence-electron chi connectivity index (χ2n) is 4.49. The fourth-order valence-electron chi connectivity index (χ4n) is 1.81. The molecule has 4 nitrogen and oxygen atoms in total. The van der Waals surface area contributed by atoms with Gasteiger partial charge in [0.15, 0.2) is 0 Å². The van der Waals surface area contributed by atoms with E-state index in [0.717, 1.165) is 23.3 Å². The van der Waals surface area contributed by atoms with Gasteiger partial charge in [0, 0.05) is 17.0 Å². The lowest BCUT2D eigenvalue weighted by atomic mass is 10.2. The quantitative estimate of drug-likeness (QED) is 0.850. The topological polar surface area (TPSA) is 62.3 Å². The van der Waals surface area contributed by atoms with Gasteiger partial charge in [-0.2, -0.15) is 0 Å². The van der Waals surface area contributed by atoms with Crippen LogP contribution >= 0.6 is 0 Å². The van der Waals surface area contributed by atoms with E-state index in [1.165, 1.54) is 12.8 Å². The summed E-state index contributed by atoms with van der Waals surface area (Å²) in [6.45, 7) is 0.762. The van der Waals surface area contributed by atoms with Crippen LogP contribution in [0.3, 0.4) is 0 Å². The Morgan fingerprint density at radius 1 is 1.41 bits per heavy atom. The molecule has 1 aliphatic rings. The van der Waals surface area contributed by atoms with E-state index in [9.17, 15) is 4.79 Å². The van der Waals surface area contributed by atoms with Crippen molar-refractivity contribution in [3.8, 4) is 5.75 Å². The Labute approximate surface area is 98.2 Å². The van der Waals surface area contributed by atoms with E-state index in [4.69, 9.17) is 9.84 Å². The molecule has 1 saturated carbocycles. The summed E-state index contributed by atoms with van der Waals surface area (Å²) in [5.74, 6) is 0.564. The minimum absolute atomic E-state index is 0.208. The summed E-state index contributed by atoms with van der Waals surface area (Å²) >= 11 is 0. The maximum absolute atomic E-state index is 10.8. The van der Waals surface area contributed by atoms with Gasteiger partial charge in [-0.15, -0.1) is 0 Å². The van der Waals surface area contributed by atoms with Crippen LogP contribution in [0.5, 0.6) is 5.75 Å². The Balaban J connectivity index is 1.86. The van der Waals surface area contributed by atoms with Crippen LogP contribution < -0.4 is 4.74 Å². The summed E-state index contributed by atoms with van der Waals surface area (Å²) in [5, 5.41) is 9.77. The van der Waals surface area contributed by atoms with Crippen LogP contribution in [0.2, 0.25) is 0 Å². The van der Waals surface area contributed by atoms with Gasteiger partial charge in [0.05, 0.1) is 6.61 Å². The zero-order chi connectivity index (χ0) is 11.8. The Bertz CT molecular complexity index is 569. The van der Waals surface area contributed by atoms with Crippen molar-refractivity contribution in [2.45, 2.75) is 12.8 Å². The van der Waals surface area contributed by atoms with Gasteiger partial charge >= 0.3 is 5.97 Å². The highest BCUT2D eigenvalue weighted by atomic mass is 16.5. The smallest absolute Gasteiger partial charge is 0.352 e. The van der Waals surface area contributed by atoms with Crippen LogP contribution in [0.15, 0.2) is 24.3 Å². The summed E-state index contributed by atoms with van der Waals surface area (Å²) in [6.07, 6.45) is 2.52. The molecule has 0 aliphatic heterocycles. The summed E-state index contributed by atoms with van der Waals surface area (Å²) in [7, 11) is 0. The molecule has 3 rings (SSSR count). The maximum Gasteiger partial charge on any atom is 0.352 e. The molecule has 0 unspecified atom stereocenters. The van der Waals surface area contributed by atoms with E-state index in [2.05, 4.69) is 4.98 Å². The van der Waals surface area contributed by atoms with Gasteiger partial charge in [0.2, 0.25) is 0 Å². The molecule has 1 aromatic carbocycles. The number of carboxylic acid groups (broad SMARTS) is 1. The van der Waals surface area contributed by atoms with Crippen molar-refractivity contribution < 1.29 is 14.6 Å². The van der Waals surface area contributed by atoms with Gasteiger partial charge in [-0.05, 0) is 37.0 Å². The predicted octanol–water partition coefficient (Wildman–Crippen LogP) is 2.65. The van der Waals surface area contributed by atoms with Crippen LogP contribution in [0.4, 0.5) is 0 Å². The van der Waals surface area contributed by atoms with Crippen molar-refractivity contribution in [3.05, 3.63) is 30.0 Å². The third kappa shape index (κ3) is 2.11. The fraction of sp³-hybridized carbons (Fsp3) is 0.308. The number of carbonyl (C=O) groups is 1. The highest BCUT2D eigenvalue weighted by Gasteiger charge is 2.21. The molecule has 0 saturated heterocycles. The molecule has 88 valence electrons. The van der Waals surface area contributed by atoms with E-state index in [1.54, 1.807) is 6.07 Å². The van der Waals surface area contributed by atoms with Gasteiger partial charge in [0.1, 0.15) is 11.4 Å². The van der Waals surface area contributed by atoms with Crippen molar-refractivity contribution >= 4 is 16.9 Å². The van der Waals surface area contributed by atoms with Gasteiger partial charge in [-0.25, -0.2) is 4.79 Å². The zero-order valence-corrected chi connectivity index (χ0v) is 9.27. The van der Waals surface area contributed by atoms with E-state index < -0.39 is 5.97 Å². The van der Waals surface area contributed by atoms with E-state index in [0.29, 0.717) is 5.92 Å². The number of aromatic nitrogens is 1. The molecule has 0 amide bonds. The molecule has 4 heteroatoms. The summed E-state index contributed by atoms with van der Waals surface area (Å²) in [4.78, 5) is 13.7. The van der Waals surface area contributed by atoms with Crippen LogP contribution in [0, 0.1) is 5.92 Å². The Morgan fingerprint density at radius 2 is 2.24 bits per heavy atom. The van der Waals surface area contributed by atoms with Crippen molar-refractivity contribution in [1.82, 2.24) is 4.98 Å². The Kier molecular flexibility index (Phi) is 2.28. The SMILES string of the molecule is O=C(O)c1cc2ccc(OCC3CC3)cc2[nH]1. The third-order valence-electron chi connectivity index (χ3n) is 3.01. The number of aromatic amines is 1. The number of ether oxygens (including phenoxy) is 1. The number of fused-ring (bicyclic) bond motifs is 1. The third-order valence-corrected chi connectivity index (χ3v) is 3.01. The summed E-state index contributed by atoms with van der Waals surface area (Å²) in [5.41, 5.74) is 1.01. The maximum atomic E-state index is 10.8. The molecule has 0 radical (unpaired) electrons. The highest BCUT2D eigenvalue weighted by Crippen LogP contribution is 2.30. The Morgan fingerprint density at radius 3 is 2.94 bits per heavy atom. The normalized spacial score (nSPS) is 15.1. The highest BCUT2D eigenvalue weighted by molar-refractivity contribution is 5.94. The lowest BCUT2D eigenvalue weighted by Crippen LogP contribution is -1.98. The minimum Gasteiger partial charge on any atom is -0.493 e. The molecule has 1 fully saturated rings. The van der Waals surface area contributed by atoms with E-state index >= 15 is 0 Å². The predicted molar refractivity (Wildman–Crippen MR) is 63.5 cm³/mol. The molecule has 2 N–H and O–H groups in total. The molecular weight excluding hydrogens is 218 g/mol. The largest absolute Gasteiger partial charge is 0.493 e. The first-order chi connectivity index (χ1) is 8.22. The van der Waals surface area contributed by atoms with Crippen molar-refractivity contribution in [3.63, 3.8) is 0 Å². The first kappa shape index (κ1) is 10.2. The number of benzene rings is 1. The van der Waals surface area contributed by atoms with E-state index in [1.807, 2.05) is 18.2 Å². The molecule has 1 heterocycles. The minimum atomic E-state index is -0.943. The molecule has 1 aliphatic carbocycles. The number of H-pyrrole nitrogens is 1. The molecule has 0 atom stereocenters. The van der Waals surface area contributed by atoms with Crippen LogP contribution in [-0.2, 0) is 0 Å². The van der Waals surface area contributed by atoms with E-state index in [-0.39, 0.29) is 5.69 Å². The van der Waals surface area contributed by atoms with Gasteiger partial charge < -0.3 is 14.8 Å². The number of rotatable bonds is 4. The average molecular weight is 231 g/mol. The molecule has 0 spiro atoms. The van der Waals surface area contributed by atoms with Crippen molar-refractivity contribution in [2.75, 3.05) is 6.61 Å². The first-order valence-corrected chi connectivity index (χ1v) is 5.71. The summed E-state index contributed by atoms with van der Waals surface area (Å²) in [6, 6.07) is 7.23. The van der Waals surface area contributed by atoms with Gasteiger partial charge in [-0.1, -0.05) is 0 Å². The fourth-order valence-corrected chi connectivity index (χ4v) is 1.81. The zero-order valence-electron chi connectivity index (χ0n) is 9.27. The Hall–Kier alpha value is -1.97. The number of aromatic carboxylic acids is 1. The monoisotopic (exact) mass is 231 g/mol.